The van der Waals surface area contributed by atoms with Crippen LogP contribution in [0.15, 0.2) is 23.3 Å². The fraction of sp³-hybridized carbons (Fsp3) is 0.667. The zero-order valence-corrected chi connectivity index (χ0v) is 11.0. The lowest BCUT2D eigenvalue weighted by Crippen LogP contribution is -2.05. The lowest BCUT2D eigenvalue weighted by atomic mass is 9.91. The number of carbonyl (C=O) groups is 1. The molecule has 2 bridgehead atoms. The molecular formula is C15H22O3. The Morgan fingerprint density at radius 2 is 2.22 bits per heavy atom. The number of ether oxygens (including phenoxy) is 1. The van der Waals surface area contributed by atoms with E-state index >= 15 is 0 Å². The molecule has 0 heterocycles. The van der Waals surface area contributed by atoms with Gasteiger partial charge >= 0.3 is 5.97 Å². The monoisotopic (exact) mass is 250 g/mol. The minimum Gasteiger partial charge on any atom is -0.469 e. The van der Waals surface area contributed by atoms with Crippen molar-refractivity contribution in [1.82, 2.24) is 0 Å². The van der Waals surface area contributed by atoms with Crippen molar-refractivity contribution in [1.29, 1.82) is 0 Å². The molecule has 100 valence electrons. The minimum absolute atomic E-state index is 0.140. The van der Waals surface area contributed by atoms with Crippen LogP contribution in [-0.4, -0.2) is 24.8 Å². The number of carbonyl (C=O) groups excluding carboxylic acids is 1. The summed E-state index contributed by atoms with van der Waals surface area (Å²) in [5, 5.41) is 9.41. The van der Waals surface area contributed by atoms with Crippen molar-refractivity contribution < 1.29 is 14.6 Å². The molecule has 1 saturated carbocycles. The van der Waals surface area contributed by atoms with Crippen molar-refractivity contribution in [3.05, 3.63) is 23.3 Å². The molecule has 0 aliphatic heterocycles. The third kappa shape index (κ3) is 2.83. The van der Waals surface area contributed by atoms with Crippen LogP contribution in [0.1, 0.15) is 38.5 Å². The number of methoxy groups -OCH3 is 1. The summed E-state index contributed by atoms with van der Waals surface area (Å²) in [6, 6.07) is 0. The van der Waals surface area contributed by atoms with Gasteiger partial charge in [0.15, 0.2) is 0 Å². The van der Waals surface area contributed by atoms with Gasteiger partial charge in [-0.1, -0.05) is 12.2 Å². The predicted molar refractivity (Wildman–Crippen MR) is 69.9 cm³/mol. The topological polar surface area (TPSA) is 46.5 Å². The number of unbranched alkanes of at least 4 members (excludes halogenated alkanes) is 1. The van der Waals surface area contributed by atoms with Crippen LogP contribution in [0.25, 0.3) is 0 Å². The first-order valence-electron chi connectivity index (χ1n) is 6.83. The molecule has 0 aromatic carbocycles. The molecular weight excluding hydrogens is 228 g/mol. The van der Waals surface area contributed by atoms with Crippen LogP contribution in [0, 0.1) is 11.8 Å². The van der Waals surface area contributed by atoms with Gasteiger partial charge in [0.2, 0.25) is 0 Å². The van der Waals surface area contributed by atoms with E-state index in [1.165, 1.54) is 37.5 Å². The van der Waals surface area contributed by atoms with Crippen molar-refractivity contribution in [2.24, 2.45) is 11.8 Å². The standard InChI is InChI=1S/C15H22O3/c1-18-15(17)6-4-2-3-5-13-11-7-8-12(9-11)14(13)10-16/h3,5,11-12,16H,2,4,6-10H2,1H3/t11-,12?/m0/s1. The summed E-state index contributed by atoms with van der Waals surface area (Å²) in [4.78, 5) is 10.9. The van der Waals surface area contributed by atoms with Crippen molar-refractivity contribution in [2.75, 3.05) is 13.7 Å². The van der Waals surface area contributed by atoms with E-state index in [2.05, 4.69) is 16.9 Å². The van der Waals surface area contributed by atoms with Gasteiger partial charge in [0.25, 0.3) is 0 Å². The quantitative estimate of drug-likeness (QED) is 0.582. The van der Waals surface area contributed by atoms with Crippen molar-refractivity contribution >= 4 is 5.97 Å². The van der Waals surface area contributed by atoms with Crippen molar-refractivity contribution in [3.63, 3.8) is 0 Å². The zero-order valence-electron chi connectivity index (χ0n) is 11.0. The average molecular weight is 250 g/mol. The van der Waals surface area contributed by atoms with Crippen LogP contribution < -0.4 is 0 Å². The van der Waals surface area contributed by atoms with Crippen LogP contribution in [0.4, 0.5) is 0 Å². The summed E-state index contributed by atoms with van der Waals surface area (Å²) in [7, 11) is 1.42. The number of aliphatic hydroxyl groups excluding tert-OH is 1. The fourth-order valence-corrected chi connectivity index (χ4v) is 3.22. The third-order valence-electron chi connectivity index (χ3n) is 4.18. The molecule has 1 unspecified atom stereocenters. The largest absolute Gasteiger partial charge is 0.469 e. The minimum atomic E-state index is -0.140. The Morgan fingerprint density at radius 3 is 2.94 bits per heavy atom. The second kappa shape index (κ2) is 6.19. The maximum atomic E-state index is 10.9. The summed E-state index contributed by atoms with van der Waals surface area (Å²) < 4.78 is 4.60. The van der Waals surface area contributed by atoms with E-state index in [1.807, 2.05) is 0 Å². The Hall–Kier alpha value is -1.09. The second-order valence-electron chi connectivity index (χ2n) is 5.22. The number of hydrogen-bond donors (Lipinski definition) is 1. The van der Waals surface area contributed by atoms with Gasteiger partial charge in [-0.25, -0.2) is 0 Å². The normalized spacial score (nSPS) is 26.3. The molecule has 18 heavy (non-hydrogen) atoms. The summed E-state index contributed by atoms with van der Waals surface area (Å²) in [6.07, 6.45) is 10.3. The number of allylic oxidation sites excluding steroid dienone is 3. The van der Waals surface area contributed by atoms with Crippen molar-refractivity contribution in [3.8, 4) is 0 Å². The Balaban J connectivity index is 1.82. The number of fused-ring (bicyclic) bond motifs is 2. The average Bonchev–Trinajstić information content (AvgIpc) is 2.98. The van der Waals surface area contributed by atoms with Gasteiger partial charge < -0.3 is 9.84 Å². The molecule has 2 atom stereocenters. The smallest absolute Gasteiger partial charge is 0.305 e. The van der Waals surface area contributed by atoms with Crippen LogP contribution >= 0.6 is 0 Å². The first-order chi connectivity index (χ1) is 8.76. The van der Waals surface area contributed by atoms with Gasteiger partial charge in [0.1, 0.15) is 0 Å². The highest BCUT2D eigenvalue weighted by atomic mass is 16.5. The fourth-order valence-electron chi connectivity index (χ4n) is 3.22. The van der Waals surface area contributed by atoms with Gasteiger partial charge in [0, 0.05) is 6.42 Å². The SMILES string of the molecule is COC(=O)CCCC=CC1=C(CO)C2CC[C@H]1C2. The molecule has 2 rings (SSSR count). The van der Waals surface area contributed by atoms with Gasteiger partial charge in [-0.05, 0) is 55.1 Å². The first kappa shape index (κ1) is 13.3. The maximum Gasteiger partial charge on any atom is 0.305 e. The lowest BCUT2D eigenvalue weighted by Gasteiger charge is -2.15. The molecule has 0 aromatic rings. The number of aliphatic hydroxyl groups is 1. The Kier molecular flexibility index (Phi) is 4.59. The van der Waals surface area contributed by atoms with E-state index in [0.29, 0.717) is 18.3 Å². The van der Waals surface area contributed by atoms with E-state index in [9.17, 15) is 9.90 Å². The van der Waals surface area contributed by atoms with Crippen LogP contribution in [-0.2, 0) is 9.53 Å². The van der Waals surface area contributed by atoms with E-state index in [1.54, 1.807) is 0 Å². The third-order valence-corrected chi connectivity index (χ3v) is 4.18. The highest BCUT2D eigenvalue weighted by molar-refractivity contribution is 5.69. The maximum absolute atomic E-state index is 10.9. The van der Waals surface area contributed by atoms with Gasteiger partial charge in [-0.15, -0.1) is 0 Å². The molecule has 0 radical (unpaired) electrons. The Labute approximate surface area is 109 Å². The summed E-state index contributed by atoms with van der Waals surface area (Å²) in [6.45, 7) is 0.211. The summed E-state index contributed by atoms with van der Waals surface area (Å²) in [5.74, 6) is 1.17. The number of hydrogen-bond acceptors (Lipinski definition) is 3. The Morgan fingerprint density at radius 1 is 1.44 bits per heavy atom. The summed E-state index contributed by atoms with van der Waals surface area (Å²) in [5.41, 5.74) is 2.63. The molecule has 0 aromatic heterocycles. The predicted octanol–water partition coefficient (Wildman–Crippen LogP) is 2.60. The molecule has 3 nitrogen and oxygen atoms in total. The van der Waals surface area contributed by atoms with Crippen LogP contribution in [0.5, 0.6) is 0 Å². The molecule has 3 heteroatoms. The van der Waals surface area contributed by atoms with Gasteiger partial charge in [0.05, 0.1) is 13.7 Å². The molecule has 2 aliphatic rings. The molecule has 1 N–H and O–H groups in total. The highest BCUT2D eigenvalue weighted by Crippen LogP contribution is 2.48. The number of rotatable bonds is 6. The molecule has 2 aliphatic carbocycles. The molecule has 1 fully saturated rings. The van der Waals surface area contributed by atoms with E-state index < -0.39 is 0 Å². The van der Waals surface area contributed by atoms with E-state index in [-0.39, 0.29) is 12.6 Å². The van der Waals surface area contributed by atoms with Crippen LogP contribution in [0.2, 0.25) is 0 Å². The summed E-state index contributed by atoms with van der Waals surface area (Å²) >= 11 is 0. The zero-order chi connectivity index (χ0) is 13.0. The molecule has 0 saturated heterocycles. The van der Waals surface area contributed by atoms with Gasteiger partial charge in [-0.3, -0.25) is 4.79 Å². The Bertz CT molecular complexity index is 368. The molecule has 0 amide bonds. The van der Waals surface area contributed by atoms with Crippen molar-refractivity contribution in [2.45, 2.75) is 38.5 Å². The van der Waals surface area contributed by atoms with E-state index in [0.717, 1.165) is 12.8 Å². The van der Waals surface area contributed by atoms with E-state index in [4.69, 9.17) is 0 Å². The lowest BCUT2D eigenvalue weighted by molar-refractivity contribution is -0.140. The first-order valence-corrected chi connectivity index (χ1v) is 6.83. The second-order valence-corrected chi connectivity index (χ2v) is 5.22. The highest BCUT2D eigenvalue weighted by Gasteiger charge is 2.37. The van der Waals surface area contributed by atoms with Gasteiger partial charge in [-0.2, -0.15) is 0 Å². The number of esters is 1. The molecule has 0 spiro atoms. The van der Waals surface area contributed by atoms with Crippen LogP contribution in [0.3, 0.4) is 0 Å².